The molecule has 2 rings (SSSR count). The molecular formula is C16H20N4O. The van der Waals surface area contributed by atoms with Crippen molar-refractivity contribution in [3.63, 3.8) is 0 Å². The molecule has 110 valence electrons. The van der Waals surface area contributed by atoms with Gasteiger partial charge < -0.3 is 10.4 Å². The first kappa shape index (κ1) is 15.2. The summed E-state index contributed by atoms with van der Waals surface area (Å²) < 4.78 is 1.81. The zero-order valence-corrected chi connectivity index (χ0v) is 12.2. The maximum Gasteiger partial charge on any atom is 0.0968 e. The van der Waals surface area contributed by atoms with E-state index in [-0.39, 0.29) is 6.10 Å². The fraction of sp³-hybridized carbons (Fsp3) is 0.375. The van der Waals surface area contributed by atoms with Crippen LogP contribution in [-0.2, 0) is 13.1 Å². The Kier molecular flexibility index (Phi) is 5.50. The van der Waals surface area contributed by atoms with Gasteiger partial charge in [-0.3, -0.25) is 4.68 Å². The Labute approximate surface area is 124 Å². The normalized spacial score (nSPS) is 12.0. The SMILES string of the molecule is CC(O)CNCc1cn(CCC#N)nc1-c1ccccc1. The third-order valence-corrected chi connectivity index (χ3v) is 3.09. The van der Waals surface area contributed by atoms with Crippen LogP contribution >= 0.6 is 0 Å². The van der Waals surface area contributed by atoms with Gasteiger partial charge in [0.15, 0.2) is 0 Å². The molecule has 0 radical (unpaired) electrons. The van der Waals surface area contributed by atoms with Crippen molar-refractivity contribution in [1.82, 2.24) is 15.1 Å². The summed E-state index contributed by atoms with van der Waals surface area (Å²) in [6.45, 7) is 3.52. The van der Waals surface area contributed by atoms with E-state index >= 15 is 0 Å². The minimum atomic E-state index is -0.376. The quantitative estimate of drug-likeness (QED) is 0.815. The summed E-state index contributed by atoms with van der Waals surface area (Å²) in [5.74, 6) is 0. The van der Waals surface area contributed by atoms with Crippen LogP contribution in [-0.4, -0.2) is 27.5 Å². The van der Waals surface area contributed by atoms with Crippen LogP contribution in [0.15, 0.2) is 36.5 Å². The van der Waals surface area contributed by atoms with Crippen molar-refractivity contribution in [1.29, 1.82) is 5.26 Å². The summed E-state index contributed by atoms with van der Waals surface area (Å²) in [5.41, 5.74) is 3.05. The summed E-state index contributed by atoms with van der Waals surface area (Å²) in [6.07, 6.45) is 2.03. The van der Waals surface area contributed by atoms with E-state index in [1.165, 1.54) is 0 Å². The molecule has 1 aromatic carbocycles. The van der Waals surface area contributed by atoms with E-state index in [1.54, 1.807) is 6.92 Å². The second kappa shape index (κ2) is 7.58. The molecule has 5 nitrogen and oxygen atoms in total. The smallest absolute Gasteiger partial charge is 0.0968 e. The van der Waals surface area contributed by atoms with Crippen molar-refractivity contribution in [3.05, 3.63) is 42.1 Å². The maximum atomic E-state index is 9.32. The van der Waals surface area contributed by atoms with Crippen molar-refractivity contribution in [3.8, 4) is 17.3 Å². The van der Waals surface area contributed by atoms with Crippen LogP contribution in [0.2, 0.25) is 0 Å². The molecule has 0 amide bonds. The highest BCUT2D eigenvalue weighted by Crippen LogP contribution is 2.21. The second-order valence-electron chi connectivity index (χ2n) is 5.02. The Bertz CT molecular complexity index is 598. The van der Waals surface area contributed by atoms with Crippen LogP contribution < -0.4 is 5.32 Å². The molecule has 2 N–H and O–H groups in total. The van der Waals surface area contributed by atoms with E-state index in [4.69, 9.17) is 5.26 Å². The minimum absolute atomic E-state index is 0.376. The van der Waals surface area contributed by atoms with Gasteiger partial charge in [0.25, 0.3) is 0 Å². The number of nitriles is 1. The monoisotopic (exact) mass is 284 g/mol. The lowest BCUT2D eigenvalue weighted by atomic mass is 10.1. The summed E-state index contributed by atoms with van der Waals surface area (Å²) in [7, 11) is 0. The molecule has 5 heteroatoms. The zero-order valence-electron chi connectivity index (χ0n) is 12.2. The molecule has 1 unspecified atom stereocenters. The molecule has 0 saturated heterocycles. The molecule has 1 heterocycles. The highest BCUT2D eigenvalue weighted by atomic mass is 16.3. The Morgan fingerprint density at radius 1 is 1.38 bits per heavy atom. The molecule has 1 aromatic heterocycles. The Morgan fingerprint density at radius 2 is 2.14 bits per heavy atom. The standard InChI is InChI=1S/C16H20N4O/c1-13(21)10-18-11-15-12-20(9-5-8-17)19-16(15)14-6-3-2-4-7-14/h2-4,6-7,12-13,18,21H,5,9-11H2,1H3. The lowest BCUT2D eigenvalue weighted by Crippen LogP contribution is -2.23. The third kappa shape index (κ3) is 4.42. The number of rotatable bonds is 7. The van der Waals surface area contributed by atoms with Crippen molar-refractivity contribution in [2.75, 3.05) is 6.54 Å². The number of nitrogens with one attached hydrogen (secondary N) is 1. The van der Waals surface area contributed by atoms with E-state index in [0.717, 1.165) is 16.8 Å². The minimum Gasteiger partial charge on any atom is -0.392 e. The summed E-state index contributed by atoms with van der Waals surface area (Å²) in [5, 5.41) is 25.8. The first-order valence-corrected chi connectivity index (χ1v) is 7.08. The molecule has 21 heavy (non-hydrogen) atoms. The fourth-order valence-corrected chi connectivity index (χ4v) is 2.13. The first-order valence-electron chi connectivity index (χ1n) is 7.08. The largest absolute Gasteiger partial charge is 0.392 e. The fourth-order valence-electron chi connectivity index (χ4n) is 2.13. The lowest BCUT2D eigenvalue weighted by Gasteiger charge is -2.06. The van der Waals surface area contributed by atoms with Crippen molar-refractivity contribution < 1.29 is 5.11 Å². The van der Waals surface area contributed by atoms with E-state index in [1.807, 2.05) is 41.2 Å². The third-order valence-electron chi connectivity index (χ3n) is 3.09. The number of nitrogens with zero attached hydrogens (tertiary/aromatic N) is 3. The number of aliphatic hydroxyl groups is 1. The van der Waals surface area contributed by atoms with Gasteiger partial charge in [0, 0.05) is 30.4 Å². The van der Waals surface area contributed by atoms with E-state index in [0.29, 0.717) is 26.1 Å². The average Bonchev–Trinajstić information content (AvgIpc) is 2.89. The van der Waals surface area contributed by atoms with Gasteiger partial charge in [-0.2, -0.15) is 10.4 Å². The van der Waals surface area contributed by atoms with Crippen molar-refractivity contribution in [2.45, 2.75) is 32.5 Å². The molecule has 2 aromatic rings. The molecule has 0 aliphatic heterocycles. The van der Waals surface area contributed by atoms with Gasteiger partial charge in [0.1, 0.15) is 0 Å². The van der Waals surface area contributed by atoms with Crippen LogP contribution in [0.1, 0.15) is 18.9 Å². The van der Waals surface area contributed by atoms with Gasteiger partial charge >= 0.3 is 0 Å². The van der Waals surface area contributed by atoms with Crippen LogP contribution in [0.5, 0.6) is 0 Å². The maximum absolute atomic E-state index is 9.32. The second-order valence-corrected chi connectivity index (χ2v) is 5.02. The molecule has 0 spiro atoms. The number of aryl methyl sites for hydroxylation is 1. The van der Waals surface area contributed by atoms with Gasteiger partial charge in [-0.15, -0.1) is 0 Å². The molecule has 0 bridgehead atoms. The summed E-state index contributed by atoms with van der Waals surface area (Å²) in [6, 6.07) is 12.1. The van der Waals surface area contributed by atoms with Gasteiger partial charge in [-0.1, -0.05) is 30.3 Å². The van der Waals surface area contributed by atoms with E-state index < -0.39 is 0 Å². The average molecular weight is 284 g/mol. The van der Waals surface area contributed by atoms with Gasteiger partial charge in [-0.05, 0) is 6.92 Å². The topological polar surface area (TPSA) is 73.9 Å². The highest BCUT2D eigenvalue weighted by molar-refractivity contribution is 5.62. The Balaban J connectivity index is 2.19. The van der Waals surface area contributed by atoms with Crippen LogP contribution in [0, 0.1) is 11.3 Å². The predicted octanol–water partition coefficient (Wildman–Crippen LogP) is 1.93. The Hall–Kier alpha value is -2.16. The van der Waals surface area contributed by atoms with E-state index in [2.05, 4.69) is 16.5 Å². The number of hydrogen-bond acceptors (Lipinski definition) is 4. The van der Waals surface area contributed by atoms with Crippen LogP contribution in [0.4, 0.5) is 0 Å². The van der Waals surface area contributed by atoms with Crippen LogP contribution in [0.3, 0.4) is 0 Å². The number of aliphatic hydroxyl groups excluding tert-OH is 1. The first-order chi connectivity index (χ1) is 10.2. The molecule has 0 aliphatic rings. The van der Waals surface area contributed by atoms with Crippen molar-refractivity contribution >= 4 is 0 Å². The molecule has 0 fully saturated rings. The van der Waals surface area contributed by atoms with Crippen LogP contribution in [0.25, 0.3) is 11.3 Å². The van der Waals surface area contributed by atoms with Gasteiger partial charge in [0.05, 0.1) is 30.8 Å². The number of benzene rings is 1. The molecular weight excluding hydrogens is 264 g/mol. The predicted molar refractivity (Wildman–Crippen MR) is 81.3 cm³/mol. The van der Waals surface area contributed by atoms with Gasteiger partial charge in [-0.25, -0.2) is 0 Å². The van der Waals surface area contributed by atoms with Gasteiger partial charge in [0.2, 0.25) is 0 Å². The zero-order chi connectivity index (χ0) is 15.1. The Morgan fingerprint density at radius 3 is 2.81 bits per heavy atom. The molecule has 1 atom stereocenters. The number of aromatic nitrogens is 2. The lowest BCUT2D eigenvalue weighted by molar-refractivity contribution is 0.191. The van der Waals surface area contributed by atoms with E-state index in [9.17, 15) is 5.11 Å². The number of hydrogen-bond donors (Lipinski definition) is 2. The van der Waals surface area contributed by atoms with Crippen molar-refractivity contribution in [2.24, 2.45) is 0 Å². The highest BCUT2D eigenvalue weighted by Gasteiger charge is 2.11. The molecule has 0 aliphatic carbocycles. The summed E-state index contributed by atoms with van der Waals surface area (Å²) in [4.78, 5) is 0. The summed E-state index contributed by atoms with van der Waals surface area (Å²) >= 11 is 0. The molecule has 0 saturated carbocycles.